The highest BCUT2D eigenvalue weighted by Crippen LogP contribution is 2.38. The van der Waals surface area contributed by atoms with Crippen molar-refractivity contribution in [1.82, 2.24) is 0 Å². The number of rotatable bonds is 64. The molecule has 0 amide bonds. The van der Waals surface area contributed by atoms with Crippen LogP contribution in [0.5, 0.6) is 0 Å². The molecule has 0 aromatic carbocycles. The maximum Gasteiger partial charge on any atom is 0.306 e. The average molecular weight is 1270 g/mol. The summed E-state index contributed by atoms with van der Waals surface area (Å²) < 4.78 is 34.3. The van der Waals surface area contributed by atoms with Crippen molar-refractivity contribution < 1.29 is 42.1 Å². The van der Waals surface area contributed by atoms with Crippen molar-refractivity contribution in [3.05, 3.63) is 170 Å². The predicted molar refractivity (Wildman–Crippen MR) is 387 cm³/mol. The molecule has 0 fully saturated rings. The van der Waals surface area contributed by atoms with Crippen LogP contribution in [0.1, 0.15) is 271 Å². The molecule has 0 rings (SSSR count). The first-order valence-electron chi connectivity index (χ1n) is 35.8. The Morgan fingerprint density at radius 3 is 0.889 bits per heavy atom. The second-order valence-electron chi connectivity index (χ2n) is 24.5. The van der Waals surface area contributed by atoms with Crippen LogP contribution in [0.15, 0.2) is 170 Å². The van der Waals surface area contributed by atoms with Crippen LogP contribution in [0.2, 0.25) is 0 Å². The number of nitrogens with zero attached hydrogens (tertiary/aromatic N) is 1. The number of carbonyl (C=O) groups is 2. The molecular weight excluding hydrogens is 1130 g/mol. The smallest absolute Gasteiger partial charge is 0.306 e. The topological polar surface area (TPSA) is 111 Å². The zero-order valence-electron chi connectivity index (χ0n) is 58.0. The number of unbranched alkanes of at least 4 members (excludes halogenated alkanes) is 22. The van der Waals surface area contributed by atoms with Crippen LogP contribution in [-0.4, -0.2) is 70.0 Å². The lowest BCUT2D eigenvalue weighted by Crippen LogP contribution is -2.37. The van der Waals surface area contributed by atoms with Gasteiger partial charge in [0.05, 0.1) is 27.7 Å². The maximum atomic E-state index is 12.9. The van der Waals surface area contributed by atoms with E-state index in [1.165, 1.54) is 96.3 Å². The van der Waals surface area contributed by atoms with Gasteiger partial charge >= 0.3 is 11.9 Å². The van der Waals surface area contributed by atoms with Gasteiger partial charge in [-0.05, 0) is 128 Å². The number of likely N-dealkylation sites (N-methyl/N-ethyl adjacent to an activating group) is 1. The Balaban J connectivity index is 4.13. The van der Waals surface area contributed by atoms with Crippen molar-refractivity contribution in [3.63, 3.8) is 0 Å². The third-order valence-corrected chi connectivity index (χ3v) is 15.7. The van der Waals surface area contributed by atoms with Crippen LogP contribution in [0.3, 0.4) is 0 Å². The lowest BCUT2D eigenvalue weighted by molar-refractivity contribution is -0.870. The fourth-order valence-corrected chi connectivity index (χ4v) is 10.1. The van der Waals surface area contributed by atoms with Crippen molar-refractivity contribution in [1.29, 1.82) is 0 Å². The number of hydrogen-bond donors (Lipinski definition) is 0. The van der Waals surface area contributed by atoms with E-state index in [9.17, 15) is 19.0 Å². The molecule has 0 N–H and O–H groups in total. The Morgan fingerprint density at radius 1 is 0.344 bits per heavy atom. The number of ether oxygens (including phenoxy) is 2. The molecule has 510 valence electrons. The number of phosphoric ester groups is 1. The van der Waals surface area contributed by atoms with E-state index in [0.29, 0.717) is 17.4 Å². The summed E-state index contributed by atoms with van der Waals surface area (Å²) in [6.07, 6.45) is 104. The van der Waals surface area contributed by atoms with Gasteiger partial charge in [0.25, 0.3) is 7.82 Å². The predicted octanol–water partition coefficient (Wildman–Crippen LogP) is 23.1. The van der Waals surface area contributed by atoms with E-state index in [2.05, 4.69) is 184 Å². The fraction of sp³-hybridized carbons (Fsp3) is 0.625. The second kappa shape index (κ2) is 68.7. The van der Waals surface area contributed by atoms with E-state index in [4.69, 9.17) is 18.5 Å². The Kier molecular flexibility index (Phi) is 65.2. The largest absolute Gasteiger partial charge is 0.756 e. The highest BCUT2D eigenvalue weighted by molar-refractivity contribution is 7.45. The van der Waals surface area contributed by atoms with Gasteiger partial charge in [-0.3, -0.25) is 14.2 Å². The molecule has 0 heterocycles. The van der Waals surface area contributed by atoms with Gasteiger partial charge in [0.2, 0.25) is 0 Å². The minimum Gasteiger partial charge on any atom is -0.756 e. The summed E-state index contributed by atoms with van der Waals surface area (Å²) in [6, 6.07) is 0. The SMILES string of the molecule is CC/C=C\C/C=C\C/C=C\C/C=C\C/C=C\C/C=C\C/C=C\C/C=C\C/C=C\CCCCCCCCCC(=O)OC(COC(=O)CCCCCCCCCCCCCCCCC/C=C\C/C=C\C/C=C\C/C=C\C/C=C\CC)COP(=O)([O-])OCC[N+](C)(C)C. The number of hydrogen-bond acceptors (Lipinski definition) is 8. The summed E-state index contributed by atoms with van der Waals surface area (Å²) in [5.74, 6) is -0.852. The van der Waals surface area contributed by atoms with Crippen LogP contribution < -0.4 is 4.89 Å². The molecule has 10 heteroatoms. The number of allylic oxidation sites excluding steroid dienone is 28. The first-order valence-corrected chi connectivity index (χ1v) is 37.3. The molecule has 0 bridgehead atoms. The van der Waals surface area contributed by atoms with Crippen molar-refractivity contribution in [2.75, 3.05) is 47.5 Å². The van der Waals surface area contributed by atoms with Crippen molar-refractivity contribution in [3.8, 4) is 0 Å². The number of quaternary nitrogens is 1. The van der Waals surface area contributed by atoms with E-state index in [0.717, 1.165) is 141 Å². The molecule has 0 saturated heterocycles. The summed E-state index contributed by atoms with van der Waals surface area (Å²) >= 11 is 0. The zero-order chi connectivity index (χ0) is 65.5. The minimum atomic E-state index is -4.66. The summed E-state index contributed by atoms with van der Waals surface area (Å²) in [7, 11) is 1.14. The summed E-state index contributed by atoms with van der Waals surface area (Å²) in [6.45, 7) is 4.00. The number of phosphoric acid groups is 1. The molecule has 0 saturated carbocycles. The minimum absolute atomic E-state index is 0.0413. The summed E-state index contributed by atoms with van der Waals surface area (Å²) in [5.41, 5.74) is 0. The van der Waals surface area contributed by atoms with Gasteiger partial charge < -0.3 is 27.9 Å². The molecule has 0 aliphatic heterocycles. The van der Waals surface area contributed by atoms with Gasteiger partial charge in [0.1, 0.15) is 19.8 Å². The summed E-state index contributed by atoms with van der Waals surface area (Å²) in [4.78, 5) is 38.1. The third kappa shape index (κ3) is 72.4. The van der Waals surface area contributed by atoms with Crippen LogP contribution >= 0.6 is 7.82 Å². The van der Waals surface area contributed by atoms with Gasteiger partial charge in [0, 0.05) is 12.8 Å². The molecule has 0 radical (unpaired) electrons. The van der Waals surface area contributed by atoms with E-state index in [-0.39, 0.29) is 26.1 Å². The first-order chi connectivity index (χ1) is 44.0. The van der Waals surface area contributed by atoms with Gasteiger partial charge in [-0.2, -0.15) is 0 Å². The van der Waals surface area contributed by atoms with Crippen LogP contribution in [-0.2, 0) is 32.7 Å². The molecule has 0 spiro atoms. The quantitative estimate of drug-likeness (QED) is 0.0195. The van der Waals surface area contributed by atoms with Gasteiger partial charge in [-0.1, -0.05) is 300 Å². The molecule has 9 nitrogen and oxygen atoms in total. The van der Waals surface area contributed by atoms with Gasteiger partial charge in [-0.25, -0.2) is 0 Å². The van der Waals surface area contributed by atoms with E-state index in [1.807, 2.05) is 21.1 Å². The third-order valence-electron chi connectivity index (χ3n) is 14.7. The number of carbonyl (C=O) groups excluding carboxylic acids is 2. The van der Waals surface area contributed by atoms with E-state index < -0.39 is 32.5 Å². The lowest BCUT2D eigenvalue weighted by atomic mass is 10.0. The Labute approximate surface area is 553 Å². The van der Waals surface area contributed by atoms with Crippen LogP contribution in [0.4, 0.5) is 0 Å². The Morgan fingerprint density at radius 2 is 0.600 bits per heavy atom. The van der Waals surface area contributed by atoms with Crippen LogP contribution in [0.25, 0.3) is 0 Å². The fourth-order valence-electron chi connectivity index (χ4n) is 9.32. The molecular formula is C80H132NO8P. The zero-order valence-corrected chi connectivity index (χ0v) is 58.9. The molecule has 0 aromatic heterocycles. The molecule has 90 heavy (non-hydrogen) atoms. The van der Waals surface area contributed by atoms with E-state index in [1.54, 1.807) is 0 Å². The molecule has 0 aliphatic rings. The maximum absolute atomic E-state index is 12.9. The van der Waals surface area contributed by atoms with Crippen molar-refractivity contribution >= 4 is 19.8 Å². The van der Waals surface area contributed by atoms with Crippen molar-refractivity contribution in [2.45, 2.75) is 277 Å². The van der Waals surface area contributed by atoms with Crippen molar-refractivity contribution in [2.24, 2.45) is 0 Å². The summed E-state index contributed by atoms with van der Waals surface area (Å²) in [5, 5.41) is 0. The molecule has 2 unspecified atom stereocenters. The standard InChI is InChI=1S/C80H132NO8P/c1-6-8-10-12-14-16-18-20-22-24-26-28-30-32-34-36-38-39-40-41-43-45-47-49-51-53-55-57-59-61-63-65-67-69-71-73-80(83)89-78(77-88-90(84,85)87-75-74-81(3,4)5)76-86-79(82)72-70-68-66-64-62-60-58-56-54-52-50-48-46-44-42-37-35-33-31-29-27-25-23-21-19-17-15-13-11-9-7-2/h8-11,14-17,20-23,26-29,32-35,38-39,41,43,47,49,53,55,78H,6-7,12-13,18-19,24-25,30-31,36-37,40,42,44-46,48,50-52,54,56-77H2,1-5H3/b10-8-,11-9-,16-14-,17-15-,22-20-,23-21-,28-26-,29-27-,34-32-,35-33-,39-38-,43-41-,49-47-,55-53-. The van der Waals surface area contributed by atoms with Gasteiger partial charge in [-0.15, -0.1) is 0 Å². The van der Waals surface area contributed by atoms with E-state index >= 15 is 0 Å². The lowest BCUT2D eigenvalue weighted by Gasteiger charge is -2.28. The Bertz CT molecular complexity index is 2130. The van der Waals surface area contributed by atoms with Crippen LogP contribution in [0, 0.1) is 0 Å². The highest BCUT2D eigenvalue weighted by atomic mass is 31.2. The molecule has 0 aromatic rings. The Hall–Kier alpha value is -4.63. The monoisotopic (exact) mass is 1270 g/mol. The normalized spacial score (nSPS) is 14.2. The second-order valence-corrected chi connectivity index (χ2v) is 25.9. The molecule has 0 aliphatic carbocycles. The average Bonchev–Trinajstić information content (AvgIpc) is 3.61. The highest BCUT2D eigenvalue weighted by Gasteiger charge is 2.22. The first kappa shape index (κ1) is 85.4. The van der Waals surface area contributed by atoms with Gasteiger partial charge in [0.15, 0.2) is 6.10 Å². The number of esters is 2. The molecule has 2 atom stereocenters.